The number of nitrogens with one attached hydrogen (secondary N) is 1. The molecule has 1 N–H and O–H groups in total. The Labute approximate surface area is 195 Å². The van der Waals surface area contributed by atoms with Crippen LogP contribution in [0.5, 0.6) is 0 Å². The van der Waals surface area contributed by atoms with Gasteiger partial charge in [-0.1, -0.05) is 48.5 Å². The van der Waals surface area contributed by atoms with E-state index in [1.54, 1.807) is 0 Å². The number of benzene rings is 2. The number of aryl methyl sites for hydroxylation is 1. The van der Waals surface area contributed by atoms with Gasteiger partial charge in [0.15, 0.2) is 9.84 Å². The lowest BCUT2D eigenvalue weighted by Crippen LogP contribution is -2.19. The number of H-pyrrole nitrogens is 1. The quantitative estimate of drug-likeness (QED) is 0.453. The molecule has 2 aromatic heterocycles. The lowest BCUT2D eigenvalue weighted by atomic mass is 10.0. The first-order valence-electron chi connectivity index (χ1n) is 11.4. The van der Waals surface area contributed by atoms with Crippen LogP contribution >= 0.6 is 0 Å². The maximum absolute atomic E-state index is 12.0. The lowest BCUT2D eigenvalue weighted by molar-refractivity contribution is 0.319. The van der Waals surface area contributed by atoms with Crippen LogP contribution in [0.15, 0.2) is 54.6 Å². The molecule has 0 bridgehead atoms. The Kier molecular flexibility index (Phi) is 5.62. The fourth-order valence-electron chi connectivity index (χ4n) is 5.06. The zero-order valence-corrected chi connectivity index (χ0v) is 20.2. The average Bonchev–Trinajstić information content (AvgIpc) is 3.43. The summed E-state index contributed by atoms with van der Waals surface area (Å²) < 4.78 is 25.9. The number of nitrogens with zero attached hydrogens (tertiary/aromatic N) is 3. The Balaban J connectivity index is 1.43. The van der Waals surface area contributed by atoms with Crippen LogP contribution in [-0.4, -0.2) is 46.6 Å². The van der Waals surface area contributed by atoms with Gasteiger partial charge in [0.25, 0.3) is 0 Å². The van der Waals surface area contributed by atoms with E-state index in [2.05, 4.69) is 72.4 Å². The number of hydrogen-bond acceptors (Lipinski definition) is 4. The minimum atomic E-state index is -2.95. The number of sulfone groups is 1. The summed E-state index contributed by atoms with van der Waals surface area (Å²) in [5.74, 6) is 0.452. The van der Waals surface area contributed by atoms with Gasteiger partial charge >= 0.3 is 0 Å². The van der Waals surface area contributed by atoms with E-state index in [1.165, 1.54) is 22.1 Å². The highest BCUT2D eigenvalue weighted by molar-refractivity contribution is 7.91. The van der Waals surface area contributed by atoms with Gasteiger partial charge in [-0.2, -0.15) is 5.10 Å². The van der Waals surface area contributed by atoms with E-state index >= 15 is 0 Å². The molecule has 2 aromatic carbocycles. The summed E-state index contributed by atoms with van der Waals surface area (Å²) in [6, 6.07) is 18.9. The smallest absolute Gasteiger partial charge is 0.152 e. The Morgan fingerprint density at radius 2 is 1.73 bits per heavy atom. The van der Waals surface area contributed by atoms with Crippen LogP contribution in [0.25, 0.3) is 22.2 Å². The molecule has 5 rings (SSSR count). The van der Waals surface area contributed by atoms with E-state index < -0.39 is 9.84 Å². The topological polar surface area (TPSA) is 71.0 Å². The van der Waals surface area contributed by atoms with Crippen LogP contribution in [0.1, 0.15) is 35.0 Å². The summed E-state index contributed by atoms with van der Waals surface area (Å²) in [6.07, 6.45) is 0.648. The van der Waals surface area contributed by atoms with Crippen molar-refractivity contribution in [3.63, 3.8) is 0 Å². The molecule has 0 saturated carbocycles. The van der Waals surface area contributed by atoms with Gasteiger partial charge in [0, 0.05) is 35.2 Å². The maximum Gasteiger partial charge on any atom is 0.152 e. The molecule has 0 unspecified atom stereocenters. The van der Waals surface area contributed by atoms with Gasteiger partial charge < -0.3 is 4.98 Å². The second kappa shape index (κ2) is 8.47. The summed E-state index contributed by atoms with van der Waals surface area (Å²) in [6.45, 7) is 5.63. The van der Waals surface area contributed by atoms with Crippen molar-refractivity contribution in [1.82, 2.24) is 19.7 Å². The number of hydrogen-bond donors (Lipinski definition) is 1. The van der Waals surface area contributed by atoms with Crippen molar-refractivity contribution < 1.29 is 8.42 Å². The molecule has 1 atom stereocenters. The molecular weight excluding hydrogens is 432 g/mol. The number of fused-ring (bicyclic) bond motifs is 1. The molecule has 0 spiro atoms. The van der Waals surface area contributed by atoms with Crippen LogP contribution in [-0.2, 0) is 22.9 Å². The van der Waals surface area contributed by atoms with E-state index in [0.717, 1.165) is 35.7 Å². The highest BCUT2D eigenvalue weighted by Crippen LogP contribution is 2.32. The standard InChI is InChI=1S/C26H30N4O2S/c1-18-23(19(2)30(28-18)21-13-14-33(31,32)17-21)15-29(3)16-24-22-11-7-8-12-25(22)27-26(24)20-9-5-4-6-10-20/h4-12,21,27H,13-17H2,1-3H3/t21-/m0/s1. The third-order valence-electron chi connectivity index (χ3n) is 6.76. The number of aromatic nitrogens is 3. The predicted octanol–water partition coefficient (Wildman–Crippen LogP) is 4.64. The average molecular weight is 463 g/mol. The molecule has 3 heterocycles. The third kappa shape index (κ3) is 4.23. The molecule has 0 aliphatic carbocycles. The van der Waals surface area contributed by atoms with Gasteiger partial charge in [0.1, 0.15) is 0 Å². The zero-order chi connectivity index (χ0) is 23.2. The highest BCUT2D eigenvalue weighted by atomic mass is 32.2. The lowest BCUT2D eigenvalue weighted by Gasteiger charge is -2.18. The van der Waals surface area contributed by atoms with Crippen LogP contribution in [0.3, 0.4) is 0 Å². The monoisotopic (exact) mass is 462 g/mol. The van der Waals surface area contributed by atoms with Crippen LogP contribution in [0.2, 0.25) is 0 Å². The fraction of sp³-hybridized carbons (Fsp3) is 0.346. The van der Waals surface area contributed by atoms with Crippen molar-refractivity contribution in [2.24, 2.45) is 0 Å². The second-order valence-electron chi connectivity index (χ2n) is 9.21. The Morgan fingerprint density at radius 1 is 1.03 bits per heavy atom. The summed E-state index contributed by atoms with van der Waals surface area (Å²) >= 11 is 0. The largest absolute Gasteiger partial charge is 0.354 e. The van der Waals surface area contributed by atoms with Crippen LogP contribution in [0.4, 0.5) is 0 Å². The molecule has 33 heavy (non-hydrogen) atoms. The fourth-order valence-corrected chi connectivity index (χ4v) is 6.75. The van der Waals surface area contributed by atoms with Crippen LogP contribution < -0.4 is 0 Å². The molecule has 4 aromatic rings. The predicted molar refractivity (Wildman–Crippen MR) is 133 cm³/mol. The third-order valence-corrected chi connectivity index (χ3v) is 8.51. The number of rotatable bonds is 6. The van der Waals surface area contributed by atoms with Crippen LogP contribution in [0, 0.1) is 13.8 Å². The molecule has 0 amide bonds. The molecule has 172 valence electrons. The minimum absolute atomic E-state index is 0.0499. The van der Waals surface area contributed by atoms with Crippen molar-refractivity contribution in [2.45, 2.75) is 39.4 Å². The minimum Gasteiger partial charge on any atom is -0.354 e. The van der Waals surface area contributed by atoms with Gasteiger partial charge in [-0.15, -0.1) is 0 Å². The SMILES string of the molecule is Cc1nn([C@H]2CCS(=O)(=O)C2)c(C)c1CN(C)Cc1c(-c2ccccc2)[nH]c2ccccc12. The normalized spacial score (nSPS) is 17.9. The van der Waals surface area contributed by atoms with Crippen molar-refractivity contribution >= 4 is 20.7 Å². The first-order valence-corrected chi connectivity index (χ1v) is 13.2. The molecule has 6 nitrogen and oxygen atoms in total. The van der Waals surface area contributed by atoms with E-state index in [4.69, 9.17) is 5.10 Å². The van der Waals surface area contributed by atoms with Gasteiger partial charge in [-0.3, -0.25) is 9.58 Å². The first kappa shape index (κ1) is 21.9. The zero-order valence-electron chi connectivity index (χ0n) is 19.4. The molecular formula is C26H30N4O2S. The molecule has 1 saturated heterocycles. The molecule has 7 heteroatoms. The Hall–Kier alpha value is -2.90. The van der Waals surface area contributed by atoms with Gasteiger partial charge in [0.2, 0.25) is 0 Å². The Morgan fingerprint density at radius 3 is 2.45 bits per heavy atom. The first-order chi connectivity index (χ1) is 15.8. The molecule has 1 aliphatic rings. The van der Waals surface area contributed by atoms with Crippen molar-refractivity contribution in [3.8, 4) is 11.3 Å². The number of para-hydroxylation sites is 1. The Bertz CT molecular complexity index is 1400. The van der Waals surface area contributed by atoms with Gasteiger partial charge in [0.05, 0.1) is 28.9 Å². The molecule has 1 fully saturated rings. The van der Waals surface area contributed by atoms with E-state index in [1.807, 2.05) is 17.7 Å². The summed E-state index contributed by atoms with van der Waals surface area (Å²) in [5.41, 5.74) is 7.99. The van der Waals surface area contributed by atoms with Crippen molar-refractivity contribution in [3.05, 3.63) is 77.1 Å². The summed E-state index contributed by atoms with van der Waals surface area (Å²) in [7, 11) is -0.816. The molecule has 1 aliphatic heterocycles. The number of aromatic amines is 1. The second-order valence-corrected chi connectivity index (χ2v) is 11.4. The van der Waals surface area contributed by atoms with Gasteiger partial charge in [-0.05, 0) is 44.5 Å². The molecule has 0 radical (unpaired) electrons. The van der Waals surface area contributed by atoms with Gasteiger partial charge in [-0.25, -0.2) is 8.42 Å². The highest BCUT2D eigenvalue weighted by Gasteiger charge is 2.31. The maximum atomic E-state index is 12.0. The van der Waals surface area contributed by atoms with E-state index in [0.29, 0.717) is 6.42 Å². The van der Waals surface area contributed by atoms with E-state index in [-0.39, 0.29) is 17.5 Å². The van der Waals surface area contributed by atoms with Crippen molar-refractivity contribution in [1.29, 1.82) is 0 Å². The summed E-state index contributed by atoms with van der Waals surface area (Å²) in [5, 5.41) is 5.98. The van der Waals surface area contributed by atoms with Crippen molar-refractivity contribution in [2.75, 3.05) is 18.6 Å². The van der Waals surface area contributed by atoms with E-state index in [9.17, 15) is 8.42 Å². The summed E-state index contributed by atoms with van der Waals surface area (Å²) in [4.78, 5) is 5.94.